The molecule has 0 saturated heterocycles. The van der Waals surface area contributed by atoms with Crippen LogP contribution in [0.4, 0.5) is 0 Å². The van der Waals surface area contributed by atoms with Crippen LogP contribution >= 0.6 is 11.6 Å². The summed E-state index contributed by atoms with van der Waals surface area (Å²) in [5.41, 5.74) is 1.65. The molecule has 0 aliphatic carbocycles. The molecular formula is C18H23ClN2O2. The van der Waals surface area contributed by atoms with E-state index in [4.69, 9.17) is 16.3 Å². The summed E-state index contributed by atoms with van der Waals surface area (Å²) in [6.07, 6.45) is 6.16. The minimum absolute atomic E-state index is 0.0662. The van der Waals surface area contributed by atoms with Crippen molar-refractivity contribution in [3.8, 4) is 5.75 Å². The number of methoxy groups -OCH3 is 1. The number of nitrogens with one attached hydrogen (secondary N) is 1. The van der Waals surface area contributed by atoms with Crippen molar-refractivity contribution in [1.29, 1.82) is 0 Å². The minimum Gasteiger partial charge on any atom is -0.496 e. The Hall–Kier alpha value is -1.94. The van der Waals surface area contributed by atoms with Gasteiger partial charge in [-0.25, -0.2) is 0 Å². The van der Waals surface area contributed by atoms with Crippen molar-refractivity contribution >= 4 is 17.5 Å². The van der Waals surface area contributed by atoms with Gasteiger partial charge in [0.25, 0.3) is 0 Å². The Morgan fingerprint density at radius 2 is 2.13 bits per heavy atom. The van der Waals surface area contributed by atoms with Crippen molar-refractivity contribution in [3.05, 3.63) is 52.8 Å². The lowest BCUT2D eigenvalue weighted by Gasteiger charge is -2.35. The van der Waals surface area contributed by atoms with Crippen LogP contribution in [0.3, 0.4) is 0 Å². The molecule has 0 radical (unpaired) electrons. The lowest BCUT2D eigenvalue weighted by molar-refractivity contribution is -0.119. The van der Waals surface area contributed by atoms with E-state index >= 15 is 0 Å². The zero-order valence-corrected chi connectivity index (χ0v) is 14.8. The fourth-order valence-corrected chi connectivity index (χ4v) is 2.54. The second-order valence-electron chi connectivity index (χ2n) is 6.48. The highest BCUT2D eigenvalue weighted by atomic mass is 35.5. The summed E-state index contributed by atoms with van der Waals surface area (Å²) in [4.78, 5) is 14.5. The smallest absolute Gasteiger partial charge is 0.228 e. The highest BCUT2D eigenvalue weighted by molar-refractivity contribution is 6.30. The first-order chi connectivity index (χ1) is 10.8. The SMILES string of the molecule is COc1ccc(Cl)cc1CC(=O)NC1=CCN(C(C)(C)C)C=C1. The quantitative estimate of drug-likeness (QED) is 0.916. The van der Waals surface area contributed by atoms with Gasteiger partial charge in [-0.15, -0.1) is 0 Å². The number of allylic oxidation sites excluding steroid dienone is 1. The molecule has 5 heteroatoms. The van der Waals surface area contributed by atoms with E-state index in [1.165, 1.54) is 0 Å². The van der Waals surface area contributed by atoms with Gasteiger partial charge in [-0.05, 0) is 51.1 Å². The van der Waals surface area contributed by atoms with Crippen LogP contribution in [0.25, 0.3) is 0 Å². The number of amides is 1. The number of ether oxygens (including phenoxy) is 1. The van der Waals surface area contributed by atoms with Gasteiger partial charge >= 0.3 is 0 Å². The van der Waals surface area contributed by atoms with E-state index in [1.54, 1.807) is 25.3 Å². The van der Waals surface area contributed by atoms with Gasteiger partial charge in [0, 0.05) is 34.6 Å². The number of carbonyl (C=O) groups excluding carboxylic acids is 1. The summed E-state index contributed by atoms with van der Waals surface area (Å²) in [5, 5.41) is 3.51. The summed E-state index contributed by atoms with van der Waals surface area (Å²) in [7, 11) is 1.58. The van der Waals surface area contributed by atoms with Crippen molar-refractivity contribution in [1.82, 2.24) is 10.2 Å². The number of hydrogen-bond acceptors (Lipinski definition) is 3. The van der Waals surface area contributed by atoms with Crippen LogP contribution in [-0.2, 0) is 11.2 Å². The van der Waals surface area contributed by atoms with Gasteiger partial charge in [0.05, 0.1) is 13.5 Å². The van der Waals surface area contributed by atoms with E-state index in [0.29, 0.717) is 10.8 Å². The van der Waals surface area contributed by atoms with Crippen LogP contribution in [0, 0.1) is 0 Å². The van der Waals surface area contributed by atoms with E-state index in [2.05, 4.69) is 31.0 Å². The Balaban J connectivity index is 1.98. The summed E-state index contributed by atoms with van der Waals surface area (Å²) in [6, 6.07) is 5.27. The van der Waals surface area contributed by atoms with Gasteiger partial charge < -0.3 is 15.0 Å². The standard InChI is InChI=1S/C18H23ClN2O2/c1-18(2,3)21-9-7-15(8-10-21)20-17(22)12-13-11-14(19)5-6-16(13)23-4/h5-9,11H,10,12H2,1-4H3,(H,20,22). The van der Waals surface area contributed by atoms with Crippen LogP contribution < -0.4 is 10.1 Å². The van der Waals surface area contributed by atoms with Crippen molar-refractivity contribution in [2.24, 2.45) is 0 Å². The molecule has 124 valence electrons. The Morgan fingerprint density at radius 3 is 2.70 bits per heavy atom. The predicted octanol–water partition coefficient (Wildman–Crippen LogP) is 3.52. The molecule has 1 amide bonds. The monoisotopic (exact) mass is 334 g/mol. The number of halogens is 1. The molecule has 2 rings (SSSR count). The number of nitrogens with zero attached hydrogens (tertiary/aromatic N) is 1. The molecule has 1 aliphatic rings. The number of rotatable bonds is 4. The van der Waals surface area contributed by atoms with Gasteiger partial charge in [-0.1, -0.05) is 11.6 Å². The molecule has 0 unspecified atom stereocenters. The molecule has 0 atom stereocenters. The fourth-order valence-electron chi connectivity index (χ4n) is 2.35. The molecule has 1 N–H and O–H groups in total. The second-order valence-corrected chi connectivity index (χ2v) is 6.92. The van der Waals surface area contributed by atoms with E-state index in [9.17, 15) is 4.79 Å². The molecule has 23 heavy (non-hydrogen) atoms. The van der Waals surface area contributed by atoms with Crippen LogP contribution in [0.15, 0.2) is 42.2 Å². The number of hydrogen-bond donors (Lipinski definition) is 1. The Kier molecular flexibility index (Phi) is 5.37. The molecule has 1 heterocycles. The average molecular weight is 335 g/mol. The molecule has 0 fully saturated rings. The zero-order chi connectivity index (χ0) is 17.0. The van der Waals surface area contributed by atoms with Crippen molar-refractivity contribution < 1.29 is 9.53 Å². The van der Waals surface area contributed by atoms with E-state index in [0.717, 1.165) is 17.8 Å². The van der Waals surface area contributed by atoms with E-state index in [-0.39, 0.29) is 17.9 Å². The normalized spacial score (nSPS) is 14.5. The summed E-state index contributed by atoms with van der Waals surface area (Å²) in [5.74, 6) is 0.572. The Morgan fingerprint density at radius 1 is 1.39 bits per heavy atom. The van der Waals surface area contributed by atoms with Crippen molar-refractivity contribution in [2.45, 2.75) is 32.7 Å². The maximum atomic E-state index is 12.2. The largest absolute Gasteiger partial charge is 0.496 e. The first-order valence-electron chi connectivity index (χ1n) is 7.57. The van der Waals surface area contributed by atoms with Gasteiger partial charge in [-0.3, -0.25) is 4.79 Å². The molecule has 1 aromatic rings. The maximum Gasteiger partial charge on any atom is 0.228 e. The topological polar surface area (TPSA) is 41.6 Å². The first-order valence-corrected chi connectivity index (χ1v) is 7.95. The van der Waals surface area contributed by atoms with Crippen molar-refractivity contribution in [2.75, 3.05) is 13.7 Å². The van der Waals surface area contributed by atoms with E-state index in [1.807, 2.05) is 18.4 Å². The lowest BCUT2D eigenvalue weighted by atomic mass is 10.1. The van der Waals surface area contributed by atoms with Crippen molar-refractivity contribution in [3.63, 3.8) is 0 Å². The second kappa shape index (κ2) is 7.09. The third-order valence-electron chi connectivity index (χ3n) is 3.68. The summed E-state index contributed by atoms with van der Waals surface area (Å²) >= 11 is 5.99. The number of benzene rings is 1. The molecule has 0 bridgehead atoms. The third-order valence-corrected chi connectivity index (χ3v) is 3.92. The maximum absolute atomic E-state index is 12.2. The average Bonchev–Trinajstić information content (AvgIpc) is 2.47. The highest BCUT2D eigenvalue weighted by Crippen LogP contribution is 2.23. The molecule has 1 aromatic carbocycles. The van der Waals surface area contributed by atoms with Gasteiger partial charge in [0.2, 0.25) is 5.91 Å². The van der Waals surface area contributed by atoms with Gasteiger partial charge in [0.15, 0.2) is 0 Å². The molecule has 4 nitrogen and oxygen atoms in total. The fraction of sp³-hybridized carbons (Fsp3) is 0.389. The number of carbonyl (C=O) groups is 1. The van der Waals surface area contributed by atoms with Gasteiger partial charge in [0.1, 0.15) is 5.75 Å². The van der Waals surface area contributed by atoms with Crippen LogP contribution in [-0.4, -0.2) is 30.0 Å². The summed E-state index contributed by atoms with van der Waals surface area (Å²) < 4.78 is 5.27. The third kappa shape index (κ3) is 4.76. The Labute approximate surface area is 142 Å². The van der Waals surface area contributed by atoms with Crippen LogP contribution in [0.2, 0.25) is 5.02 Å². The Bertz CT molecular complexity index is 645. The first kappa shape index (κ1) is 17.4. The highest BCUT2D eigenvalue weighted by Gasteiger charge is 2.19. The van der Waals surface area contributed by atoms with Gasteiger partial charge in [-0.2, -0.15) is 0 Å². The molecule has 0 aromatic heterocycles. The zero-order valence-electron chi connectivity index (χ0n) is 14.0. The predicted molar refractivity (Wildman–Crippen MR) is 93.5 cm³/mol. The van der Waals surface area contributed by atoms with Crippen LogP contribution in [0.5, 0.6) is 5.75 Å². The summed E-state index contributed by atoms with van der Waals surface area (Å²) in [6.45, 7) is 7.23. The lowest BCUT2D eigenvalue weighted by Crippen LogP contribution is -2.39. The minimum atomic E-state index is -0.0920. The van der Waals surface area contributed by atoms with E-state index < -0.39 is 0 Å². The molecule has 0 spiro atoms. The molecular weight excluding hydrogens is 312 g/mol. The molecule has 0 saturated carbocycles. The van der Waals surface area contributed by atoms with Crippen LogP contribution in [0.1, 0.15) is 26.3 Å². The molecule has 1 aliphatic heterocycles.